The molecular weight excluding hydrogens is 557 g/mol. The molecule has 1 N–H and O–H groups in total. The standard InChI is InChI=1S/C27H22N4O5S3/c1-17-16-27(31(29-17)19-9-13-21(14-10-19)39(33,34)35)30(26-28-22-5-3-4-6-23(22)37-26)25(32)24(38-27)15-18-7-11-20(36-2)12-8-18/h3-15H,16H2,1-2H3,(H,33,34,35). The maximum absolute atomic E-state index is 14.1. The van der Waals surface area contributed by atoms with Crippen molar-refractivity contribution in [2.24, 2.45) is 5.10 Å². The van der Waals surface area contributed by atoms with Crippen LogP contribution in [-0.4, -0.2) is 41.7 Å². The summed E-state index contributed by atoms with van der Waals surface area (Å²) in [4.78, 5) is 19.9. The summed E-state index contributed by atoms with van der Waals surface area (Å²) < 4.78 is 38.9. The van der Waals surface area contributed by atoms with E-state index in [4.69, 9.17) is 14.8 Å². The van der Waals surface area contributed by atoms with Crippen LogP contribution in [0.1, 0.15) is 18.9 Å². The van der Waals surface area contributed by atoms with E-state index >= 15 is 0 Å². The molecule has 9 nitrogen and oxygen atoms in total. The quantitative estimate of drug-likeness (QED) is 0.240. The number of benzene rings is 3. The summed E-state index contributed by atoms with van der Waals surface area (Å²) in [6, 6.07) is 20.9. The molecule has 1 amide bonds. The molecule has 2 aliphatic heterocycles. The van der Waals surface area contributed by atoms with Gasteiger partial charge in [0.15, 0.2) is 5.13 Å². The summed E-state index contributed by atoms with van der Waals surface area (Å²) in [5.41, 5.74) is 2.99. The third-order valence-corrected chi connectivity index (χ3v) is 9.62. The highest BCUT2D eigenvalue weighted by Gasteiger charge is 2.58. The minimum absolute atomic E-state index is 0.209. The maximum Gasteiger partial charge on any atom is 0.294 e. The first-order chi connectivity index (χ1) is 18.7. The number of carbonyl (C=O) groups is 1. The molecule has 2 aliphatic rings. The van der Waals surface area contributed by atoms with Gasteiger partial charge in [0, 0.05) is 12.1 Å². The lowest BCUT2D eigenvalue weighted by molar-refractivity contribution is -0.114. The van der Waals surface area contributed by atoms with E-state index in [2.05, 4.69) is 0 Å². The lowest BCUT2D eigenvalue weighted by Crippen LogP contribution is -2.53. The third kappa shape index (κ3) is 4.48. The Labute approximate surface area is 233 Å². The van der Waals surface area contributed by atoms with Crippen molar-refractivity contribution in [3.8, 4) is 5.75 Å². The predicted molar refractivity (Wildman–Crippen MR) is 155 cm³/mol. The van der Waals surface area contributed by atoms with Crippen LogP contribution in [0.2, 0.25) is 0 Å². The molecule has 1 atom stereocenters. The van der Waals surface area contributed by atoms with E-state index in [1.807, 2.05) is 61.5 Å². The minimum Gasteiger partial charge on any atom is -0.497 e. The zero-order valence-corrected chi connectivity index (χ0v) is 23.3. The Morgan fingerprint density at radius 1 is 1.05 bits per heavy atom. The summed E-state index contributed by atoms with van der Waals surface area (Å²) in [5, 5.41) is 7.04. The van der Waals surface area contributed by atoms with Gasteiger partial charge < -0.3 is 4.74 Å². The average Bonchev–Trinajstić information content (AvgIpc) is 3.56. The highest BCUT2D eigenvalue weighted by Crippen LogP contribution is 2.55. The molecule has 1 saturated heterocycles. The van der Waals surface area contributed by atoms with Crippen molar-refractivity contribution in [2.45, 2.75) is 23.2 Å². The largest absolute Gasteiger partial charge is 0.497 e. The Bertz CT molecular complexity index is 1730. The highest BCUT2D eigenvalue weighted by molar-refractivity contribution is 8.06. The van der Waals surface area contributed by atoms with E-state index in [1.165, 1.54) is 35.2 Å². The van der Waals surface area contributed by atoms with Crippen molar-refractivity contribution >= 4 is 71.9 Å². The van der Waals surface area contributed by atoms with Gasteiger partial charge in [0.05, 0.1) is 32.8 Å². The molecule has 1 spiro atoms. The molecular formula is C27H22N4O5S3. The summed E-state index contributed by atoms with van der Waals surface area (Å²) in [7, 11) is -2.76. The van der Waals surface area contributed by atoms with E-state index < -0.39 is 15.1 Å². The Hall–Kier alpha value is -3.71. The average molecular weight is 579 g/mol. The minimum atomic E-state index is -4.36. The van der Waals surface area contributed by atoms with Gasteiger partial charge in [0.1, 0.15) is 5.75 Å². The Morgan fingerprint density at radius 3 is 2.44 bits per heavy atom. The highest BCUT2D eigenvalue weighted by atomic mass is 32.2. The van der Waals surface area contributed by atoms with Gasteiger partial charge in [-0.1, -0.05) is 47.4 Å². The van der Waals surface area contributed by atoms with Crippen LogP contribution in [-0.2, 0) is 14.9 Å². The molecule has 12 heteroatoms. The second kappa shape index (κ2) is 9.49. The molecule has 0 aliphatic carbocycles. The van der Waals surface area contributed by atoms with Crippen molar-refractivity contribution in [2.75, 3.05) is 17.0 Å². The van der Waals surface area contributed by atoms with Gasteiger partial charge in [-0.25, -0.2) is 14.9 Å². The van der Waals surface area contributed by atoms with Gasteiger partial charge in [-0.2, -0.15) is 13.5 Å². The summed E-state index contributed by atoms with van der Waals surface area (Å²) in [5.74, 6) is 0.508. The van der Waals surface area contributed by atoms with Crippen molar-refractivity contribution in [1.82, 2.24) is 4.98 Å². The first kappa shape index (κ1) is 25.6. The monoisotopic (exact) mass is 578 g/mol. The molecule has 39 heavy (non-hydrogen) atoms. The number of fused-ring (bicyclic) bond motifs is 1. The lowest BCUT2D eigenvalue weighted by Gasteiger charge is -2.38. The van der Waals surface area contributed by atoms with Gasteiger partial charge in [0.2, 0.25) is 4.99 Å². The summed E-state index contributed by atoms with van der Waals surface area (Å²) in [6.07, 6.45) is 2.27. The number of aromatic nitrogens is 1. The second-order valence-electron chi connectivity index (χ2n) is 9.02. The van der Waals surface area contributed by atoms with Crippen LogP contribution in [0.4, 0.5) is 10.8 Å². The van der Waals surface area contributed by atoms with Crippen LogP contribution in [0.25, 0.3) is 16.3 Å². The maximum atomic E-state index is 14.1. The zero-order valence-electron chi connectivity index (χ0n) is 20.8. The van der Waals surface area contributed by atoms with Crippen molar-refractivity contribution < 1.29 is 22.5 Å². The number of thiazole rings is 1. The van der Waals surface area contributed by atoms with Gasteiger partial charge in [-0.3, -0.25) is 9.35 Å². The van der Waals surface area contributed by atoms with Gasteiger partial charge in [-0.15, -0.1) is 0 Å². The number of methoxy groups -OCH3 is 1. The molecule has 6 rings (SSSR count). The Morgan fingerprint density at radius 2 is 1.77 bits per heavy atom. The summed E-state index contributed by atoms with van der Waals surface area (Å²) in [6.45, 7) is 1.89. The van der Waals surface area contributed by atoms with Crippen LogP contribution in [0.15, 0.2) is 87.7 Å². The van der Waals surface area contributed by atoms with Crippen molar-refractivity contribution in [3.63, 3.8) is 0 Å². The molecule has 1 aromatic heterocycles. The topological polar surface area (TPSA) is 112 Å². The van der Waals surface area contributed by atoms with E-state index in [0.29, 0.717) is 22.1 Å². The molecule has 1 fully saturated rings. The van der Waals surface area contributed by atoms with Crippen LogP contribution in [0.5, 0.6) is 5.75 Å². The Kier molecular flexibility index (Phi) is 6.22. The van der Waals surface area contributed by atoms with Gasteiger partial charge in [0.25, 0.3) is 16.0 Å². The number of anilines is 2. The van der Waals surface area contributed by atoms with Crippen LogP contribution >= 0.6 is 23.1 Å². The fourth-order valence-corrected chi connectivity index (χ4v) is 7.70. The van der Waals surface area contributed by atoms with E-state index in [9.17, 15) is 17.8 Å². The molecule has 198 valence electrons. The molecule has 3 aromatic carbocycles. The number of thioether (sulfide) groups is 1. The smallest absolute Gasteiger partial charge is 0.294 e. The number of amides is 1. The van der Waals surface area contributed by atoms with E-state index in [-0.39, 0.29) is 10.8 Å². The molecule has 0 radical (unpaired) electrons. The molecule has 0 bridgehead atoms. The number of hydrogen-bond acceptors (Lipinski definition) is 9. The van der Waals surface area contributed by atoms with E-state index in [1.54, 1.807) is 29.2 Å². The molecule has 1 unspecified atom stereocenters. The lowest BCUT2D eigenvalue weighted by atomic mass is 10.2. The number of para-hydroxylation sites is 1. The van der Waals surface area contributed by atoms with Crippen LogP contribution in [0, 0.1) is 0 Å². The molecule has 3 heterocycles. The number of carbonyl (C=O) groups excluding carboxylic acids is 1. The number of hydrogen-bond donors (Lipinski definition) is 1. The van der Waals surface area contributed by atoms with Crippen LogP contribution < -0.4 is 14.6 Å². The van der Waals surface area contributed by atoms with Gasteiger partial charge in [-0.05, 0) is 67.1 Å². The number of nitrogens with zero attached hydrogens (tertiary/aromatic N) is 4. The first-order valence-electron chi connectivity index (χ1n) is 11.8. The number of rotatable bonds is 5. The Balaban J connectivity index is 1.49. The second-order valence-corrected chi connectivity index (χ2v) is 12.8. The molecule has 0 saturated carbocycles. The fourth-order valence-electron chi connectivity index (χ4n) is 4.63. The van der Waals surface area contributed by atoms with Crippen molar-refractivity contribution in [3.05, 3.63) is 83.3 Å². The third-order valence-electron chi connectivity index (χ3n) is 6.39. The normalized spacial score (nSPS) is 20.4. The number of hydrazone groups is 1. The molecule has 4 aromatic rings. The predicted octanol–water partition coefficient (Wildman–Crippen LogP) is 5.61. The summed E-state index contributed by atoms with van der Waals surface area (Å²) >= 11 is 2.80. The SMILES string of the molecule is COc1ccc(C=C2SC3(CC(C)=NN3c3ccc(S(=O)(=O)O)cc3)N(c3nc4ccccc4s3)C2=O)cc1. The first-order valence-corrected chi connectivity index (χ1v) is 14.9. The van der Waals surface area contributed by atoms with Crippen molar-refractivity contribution in [1.29, 1.82) is 0 Å². The number of ether oxygens (including phenoxy) is 1. The van der Waals surface area contributed by atoms with E-state index in [0.717, 1.165) is 27.2 Å². The van der Waals surface area contributed by atoms with Gasteiger partial charge >= 0.3 is 0 Å². The zero-order chi connectivity index (χ0) is 27.4. The van der Waals surface area contributed by atoms with Crippen LogP contribution in [0.3, 0.4) is 0 Å². The fraction of sp³-hybridized carbons (Fsp3) is 0.148.